The van der Waals surface area contributed by atoms with E-state index in [0.29, 0.717) is 37.7 Å². The van der Waals surface area contributed by atoms with Crippen molar-refractivity contribution in [2.45, 2.75) is 63.8 Å². The Bertz CT molecular complexity index is 583. The number of carbonyl (C=O) groups excluding carboxylic acids is 1. The number of carbonyl (C=O) groups is 1. The largest absolute Gasteiger partial charge is 0.775 e. The molecule has 0 amide bonds. The molecular formula is C19H27F3NO3S-. The van der Waals surface area contributed by atoms with Crippen molar-refractivity contribution in [1.82, 2.24) is 4.47 Å². The molecule has 2 fully saturated rings. The summed E-state index contributed by atoms with van der Waals surface area (Å²) in [7, 11) is 0. The van der Waals surface area contributed by atoms with Gasteiger partial charge in [0, 0.05) is 11.9 Å². The third-order valence-corrected chi connectivity index (χ3v) is 6.72. The first-order valence-electron chi connectivity index (χ1n) is 9.76. The predicted molar refractivity (Wildman–Crippen MR) is 98.3 cm³/mol. The van der Waals surface area contributed by atoms with E-state index in [0.717, 1.165) is 25.2 Å². The monoisotopic (exact) mass is 406 g/mol. The van der Waals surface area contributed by atoms with Crippen molar-refractivity contribution < 1.29 is 22.7 Å². The molecule has 0 aliphatic heterocycles. The standard InChI is InChI=1S/C19H27F3NO3S/c1-18(11-13-8-14-10-15(12-18)16(14)9-13)17(24)26-7-5-3-2-4-6-23(25)27-19(20,21)22/h12-14,16H,2-11H2,1H3/q-1. The maximum atomic E-state index is 12.6. The molecule has 3 aliphatic carbocycles. The van der Waals surface area contributed by atoms with E-state index in [1.165, 1.54) is 18.4 Å². The molecule has 3 rings (SSSR count). The third-order valence-electron chi connectivity index (χ3n) is 6.12. The van der Waals surface area contributed by atoms with Crippen LogP contribution < -0.4 is 0 Å². The fourth-order valence-corrected chi connectivity index (χ4v) is 5.39. The minimum Gasteiger partial charge on any atom is -0.775 e. The number of hydroxylamine groups is 1. The smallest absolute Gasteiger partial charge is 0.455 e. The highest BCUT2D eigenvalue weighted by molar-refractivity contribution is 7.97. The zero-order valence-corrected chi connectivity index (χ0v) is 16.4. The number of hydrogen-bond donors (Lipinski definition) is 0. The third kappa shape index (κ3) is 5.41. The van der Waals surface area contributed by atoms with Crippen molar-refractivity contribution in [3.8, 4) is 0 Å². The summed E-state index contributed by atoms with van der Waals surface area (Å²) in [5.41, 5.74) is -3.60. The van der Waals surface area contributed by atoms with Gasteiger partial charge in [-0.1, -0.05) is 24.5 Å². The molecule has 4 atom stereocenters. The van der Waals surface area contributed by atoms with Crippen molar-refractivity contribution in [2.24, 2.45) is 23.2 Å². The quantitative estimate of drug-likeness (QED) is 0.168. The zero-order valence-electron chi connectivity index (χ0n) is 15.6. The van der Waals surface area contributed by atoms with Crippen LogP contribution in [-0.2, 0) is 9.53 Å². The molecule has 0 N–H and O–H groups in total. The Balaban J connectivity index is 1.30. The Morgan fingerprint density at radius 1 is 1.33 bits per heavy atom. The van der Waals surface area contributed by atoms with Gasteiger partial charge in [0.05, 0.1) is 12.0 Å². The number of rotatable bonds is 9. The van der Waals surface area contributed by atoms with Crippen molar-refractivity contribution in [1.29, 1.82) is 0 Å². The van der Waals surface area contributed by atoms with Crippen molar-refractivity contribution in [3.63, 3.8) is 0 Å². The van der Waals surface area contributed by atoms with Crippen LogP contribution in [-0.4, -0.2) is 29.1 Å². The maximum Gasteiger partial charge on any atom is 0.455 e. The van der Waals surface area contributed by atoms with E-state index < -0.39 is 22.9 Å². The van der Waals surface area contributed by atoms with Gasteiger partial charge in [0.15, 0.2) is 0 Å². The minimum absolute atomic E-state index is 0.0286. The second kappa shape index (κ2) is 8.33. The normalized spacial score (nSPS) is 32.1. The molecule has 0 aromatic rings. The minimum atomic E-state index is -4.53. The summed E-state index contributed by atoms with van der Waals surface area (Å²) in [5.74, 6) is 2.03. The predicted octanol–water partition coefficient (Wildman–Crippen LogP) is 5.44. The summed E-state index contributed by atoms with van der Waals surface area (Å²) in [4.78, 5) is 12.6. The van der Waals surface area contributed by atoms with Gasteiger partial charge in [0.25, 0.3) is 0 Å². The fraction of sp³-hybridized carbons (Fsp3) is 0.842. The number of ether oxygens (including phenoxy) is 1. The first kappa shape index (κ1) is 21.0. The Morgan fingerprint density at radius 3 is 2.81 bits per heavy atom. The average Bonchev–Trinajstić information content (AvgIpc) is 2.78. The molecule has 154 valence electrons. The number of esters is 1. The van der Waals surface area contributed by atoms with Gasteiger partial charge in [-0.3, -0.25) is 4.79 Å². The van der Waals surface area contributed by atoms with E-state index >= 15 is 0 Å². The molecular weight excluding hydrogens is 379 g/mol. The summed E-state index contributed by atoms with van der Waals surface area (Å²) < 4.78 is 41.5. The molecule has 0 radical (unpaired) electrons. The van der Waals surface area contributed by atoms with Gasteiger partial charge in [-0.2, -0.15) is 13.2 Å². The summed E-state index contributed by atoms with van der Waals surface area (Å²) in [6.07, 6.45) is 9.08. The fourth-order valence-electron chi connectivity index (χ4n) is 4.94. The van der Waals surface area contributed by atoms with Crippen LogP contribution in [0.5, 0.6) is 0 Å². The number of unbranched alkanes of at least 4 members (excludes halogenated alkanes) is 3. The van der Waals surface area contributed by atoms with Gasteiger partial charge >= 0.3 is 11.5 Å². The summed E-state index contributed by atoms with van der Waals surface area (Å²) >= 11 is -0.643. The highest BCUT2D eigenvalue weighted by Crippen LogP contribution is 2.59. The number of fused-ring (bicyclic) bond motifs is 1. The lowest BCUT2D eigenvalue weighted by Gasteiger charge is -2.37. The van der Waals surface area contributed by atoms with Crippen LogP contribution >= 0.6 is 11.9 Å². The van der Waals surface area contributed by atoms with Gasteiger partial charge in [-0.25, -0.2) is 0 Å². The molecule has 2 saturated carbocycles. The molecule has 2 bridgehead atoms. The summed E-state index contributed by atoms with van der Waals surface area (Å²) in [5, 5.41) is 11.0. The van der Waals surface area contributed by atoms with Crippen molar-refractivity contribution in [3.05, 3.63) is 16.9 Å². The molecule has 0 saturated heterocycles. The molecule has 0 aromatic heterocycles. The lowest BCUT2D eigenvalue weighted by atomic mass is 9.67. The summed E-state index contributed by atoms with van der Waals surface area (Å²) in [6.45, 7) is 2.16. The Morgan fingerprint density at radius 2 is 2.07 bits per heavy atom. The van der Waals surface area contributed by atoms with Gasteiger partial charge in [-0.15, -0.1) is 0 Å². The number of nitrogens with zero attached hydrogens (tertiary/aromatic N) is 1. The first-order valence-corrected chi connectivity index (χ1v) is 10.5. The van der Waals surface area contributed by atoms with E-state index in [2.05, 4.69) is 6.08 Å². The first-order chi connectivity index (χ1) is 12.7. The van der Waals surface area contributed by atoms with Crippen molar-refractivity contribution in [2.75, 3.05) is 13.2 Å². The van der Waals surface area contributed by atoms with E-state index in [-0.39, 0.29) is 17.0 Å². The van der Waals surface area contributed by atoms with Gasteiger partial charge in [-0.05, 0) is 69.7 Å². The lowest BCUT2D eigenvalue weighted by Crippen LogP contribution is -2.33. The lowest BCUT2D eigenvalue weighted by molar-refractivity contribution is -0.153. The Hall–Kier alpha value is -0.730. The van der Waals surface area contributed by atoms with Gasteiger partial charge in [0.2, 0.25) is 0 Å². The van der Waals surface area contributed by atoms with E-state index in [1.807, 2.05) is 6.92 Å². The topological polar surface area (TPSA) is 52.6 Å². The Labute approximate surface area is 162 Å². The van der Waals surface area contributed by atoms with Crippen LogP contribution in [0.2, 0.25) is 0 Å². The average molecular weight is 406 g/mol. The molecule has 3 aliphatic rings. The van der Waals surface area contributed by atoms with Crippen molar-refractivity contribution >= 4 is 17.9 Å². The van der Waals surface area contributed by atoms with E-state index in [4.69, 9.17) is 4.74 Å². The number of hydrogen-bond acceptors (Lipinski definition) is 5. The second-order valence-electron chi connectivity index (χ2n) is 8.39. The van der Waals surface area contributed by atoms with E-state index in [9.17, 15) is 23.2 Å². The Kier molecular flexibility index (Phi) is 6.48. The zero-order chi connectivity index (χ0) is 19.7. The molecule has 4 nitrogen and oxygen atoms in total. The highest BCUT2D eigenvalue weighted by atomic mass is 32.2. The molecule has 0 heterocycles. The summed E-state index contributed by atoms with van der Waals surface area (Å²) in [6, 6.07) is 0. The molecule has 4 unspecified atom stereocenters. The van der Waals surface area contributed by atoms with Crippen LogP contribution in [0.25, 0.3) is 0 Å². The van der Waals surface area contributed by atoms with E-state index in [1.54, 1.807) is 0 Å². The molecule has 27 heavy (non-hydrogen) atoms. The van der Waals surface area contributed by atoms with Gasteiger partial charge in [0.1, 0.15) is 0 Å². The maximum absolute atomic E-state index is 12.6. The van der Waals surface area contributed by atoms with Crippen LogP contribution in [0.15, 0.2) is 11.6 Å². The highest BCUT2D eigenvalue weighted by Gasteiger charge is 2.51. The number of allylic oxidation sites excluding steroid dienone is 1. The van der Waals surface area contributed by atoms with Crippen LogP contribution in [0.1, 0.15) is 58.3 Å². The number of alkyl halides is 3. The SMILES string of the molecule is CC1(C(=O)OCCCCCCN([O-])SC(F)(F)F)C=C2CC3CC(CC23)C1. The second-order valence-corrected chi connectivity index (χ2v) is 9.45. The molecule has 0 spiro atoms. The number of halogens is 3. The molecule has 0 aromatic carbocycles. The molecule has 8 heteroatoms. The van der Waals surface area contributed by atoms with Crippen LogP contribution in [0, 0.1) is 28.4 Å². The van der Waals surface area contributed by atoms with Crippen LogP contribution in [0.3, 0.4) is 0 Å². The van der Waals surface area contributed by atoms with Gasteiger partial charge < -0.3 is 14.4 Å². The van der Waals surface area contributed by atoms with Crippen LogP contribution in [0.4, 0.5) is 13.2 Å².